The fraction of sp³-hybridized carbons (Fsp3) is 0.227. The highest BCUT2D eigenvalue weighted by Crippen LogP contribution is 2.33. The van der Waals surface area contributed by atoms with Crippen LogP contribution >= 0.6 is 11.3 Å². The Bertz CT molecular complexity index is 1200. The van der Waals surface area contributed by atoms with Gasteiger partial charge >= 0.3 is 0 Å². The Hall–Kier alpha value is -2.64. The van der Waals surface area contributed by atoms with E-state index in [1.165, 1.54) is 11.3 Å². The Morgan fingerprint density at radius 2 is 1.79 bits per heavy atom. The van der Waals surface area contributed by atoms with Crippen molar-refractivity contribution in [2.24, 2.45) is 0 Å². The summed E-state index contributed by atoms with van der Waals surface area (Å²) in [7, 11) is -3.73. The first-order chi connectivity index (χ1) is 13.8. The van der Waals surface area contributed by atoms with Gasteiger partial charge in [-0.15, -0.1) is 11.3 Å². The molecule has 1 aromatic heterocycles. The Kier molecular flexibility index (Phi) is 4.96. The summed E-state index contributed by atoms with van der Waals surface area (Å²) in [5, 5.41) is 1.88. The molecule has 1 aliphatic heterocycles. The molecule has 2 aromatic carbocycles. The first-order valence-electron chi connectivity index (χ1n) is 9.35. The summed E-state index contributed by atoms with van der Waals surface area (Å²) in [5.74, 6) is -0.0521. The molecule has 2 heterocycles. The van der Waals surface area contributed by atoms with Crippen molar-refractivity contribution < 1.29 is 13.2 Å². The van der Waals surface area contributed by atoms with E-state index in [2.05, 4.69) is 4.72 Å². The largest absolute Gasteiger partial charge is 0.307 e. The maximum Gasteiger partial charge on any atom is 0.268 e. The van der Waals surface area contributed by atoms with Crippen LogP contribution in [0.2, 0.25) is 0 Å². The number of nitrogens with zero attached hydrogens (tertiary/aromatic N) is 1. The normalized spacial score (nSPS) is 13.4. The molecule has 0 radical (unpaired) electrons. The van der Waals surface area contributed by atoms with Crippen LogP contribution in [-0.2, 0) is 16.4 Å². The Morgan fingerprint density at radius 1 is 1.03 bits per heavy atom. The van der Waals surface area contributed by atoms with Crippen LogP contribution in [0.4, 0.5) is 11.4 Å². The fourth-order valence-corrected chi connectivity index (χ4v) is 5.65. The number of hydrogen-bond donors (Lipinski definition) is 1. The summed E-state index contributed by atoms with van der Waals surface area (Å²) >= 11 is 1.41. The van der Waals surface area contributed by atoms with Crippen molar-refractivity contribution >= 4 is 38.6 Å². The van der Waals surface area contributed by atoms with Crippen LogP contribution in [0, 0.1) is 20.8 Å². The summed E-state index contributed by atoms with van der Waals surface area (Å²) in [6, 6.07) is 12.6. The maximum atomic E-state index is 13.0. The average molecular weight is 427 g/mol. The zero-order chi connectivity index (χ0) is 20.8. The molecule has 5 nitrogen and oxygen atoms in total. The summed E-state index contributed by atoms with van der Waals surface area (Å²) in [6.45, 7) is 6.26. The second kappa shape index (κ2) is 7.31. The minimum absolute atomic E-state index is 0.0521. The highest BCUT2D eigenvalue weighted by molar-refractivity contribution is 7.92. The number of rotatable bonds is 4. The lowest BCUT2D eigenvalue weighted by molar-refractivity contribution is 0.0993. The molecule has 0 spiro atoms. The number of sulfonamides is 1. The number of thiophene rings is 1. The van der Waals surface area contributed by atoms with Crippen LogP contribution in [0.1, 0.15) is 31.9 Å². The average Bonchev–Trinajstić information content (AvgIpc) is 3.33. The van der Waals surface area contributed by atoms with E-state index in [9.17, 15) is 13.2 Å². The molecule has 0 bridgehead atoms. The van der Waals surface area contributed by atoms with E-state index in [1.54, 1.807) is 36.1 Å². The molecule has 7 heteroatoms. The number of amides is 1. The van der Waals surface area contributed by atoms with E-state index in [1.807, 2.05) is 37.4 Å². The predicted molar refractivity (Wildman–Crippen MR) is 118 cm³/mol. The number of carbonyl (C=O) groups excluding carboxylic acids is 1. The quantitative estimate of drug-likeness (QED) is 0.659. The minimum Gasteiger partial charge on any atom is -0.307 e. The smallest absolute Gasteiger partial charge is 0.268 e. The van der Waals surface area contributed by atoms with Crippen molar-refractivity contribution in [3.05, 3.63) is 75.0 Å². The SMILES string of the molecule is Cc1cc(C)c(S(=O)(=O)Nc2ccc3c(c2)N(C(=O)c2cccs2)CC3)cc1C. The summed E-state index contributed by atoms with van der Waals surface area (Å²) in [5.41, 5.74) is 4.95. The van der Waals surface area contributed by atoms with Gasteiger partial charge in [-0.05, 0) is 79.1 Å². The van der Waals surface area contributed by atoms with E-state index in [0.29, 0.717) is 22.7 Å². The van der Waals surface area contributed by atoms with Crippen LogP contribution in [0.5, 0.6) is 0 Å². The lowest BCUT2D eigenvalue weighted by Gasteiger charge is -2.18. The van der Waals surface area contributed by atoms with E-state index in [4.69, 9.17) is 0 Å². The van der Waals surface area contributed by atoms with Crippen molar-refractivity contribution in [1.82, 2.24) is 0 Å². The van der Waals surface area contributed by atoms with Crippen molar-refractivity contribution in [2.75, 3.05) is 16.2 Å². The van der Waals surface area contributed by atoms with Crippen molar-refractivity contribution in [3.63, 3.8) is 0 Å². The Labute approximate surface area is 175 Å². The molecule has 150 valence electrons. The fourth-order valence-electron chi connectivity index (χ4n) is 3.62. The van der Waals surface area contributed by atoms with Gasteiger partial charge in [0.25, 0.3) is 15.9 Å². The Balaban J connectivity index is 1.65. The zero-order valence-electron chi connectivity index (χ0n) is 16.5. The second-order valence-corrected chi connectivity index (χ2v) is 9.93. The van der Waals surface area contributed by atoms with Gasteiger partial charge in [-0.3, -0.25) is 9.52 Å². The number of hydrogen-bond acceptors (Lipinski definition) is 4. The lowest BCUT2D eigenvalue weighted by atomic mass is 10.1. The summed E-state index contributed by atoms with van der Waals surface area (Å²) in [6.07, 6.45) is 0.760. The first kappa shape index (κ1) is 19.7. The lowest BCUT2D eigenvalue weighted by Crippen LogP contribution is -2.28. The van der Waals surface area contributed by atoms with Gasteiger partial charge in [0.2, 0.25) is 0 Å². The van der Waals surface area contributed by atoms with Crippen molar-refractivity contribution in [1.29, 1.82) is 0 Å². The molecule has 1 amide bonds. The Morgan fingerprint density at radius 3 is 2.52 bits per heavy atom. The molecule has 29 heavy (non-hydrogen) atoms. The third-order valence-corrected chi connectivity index (χ3v) is 7.67. The molecule has 0 fully saturated rings. The van der Waals surface area contributed by atoms with Gasteiger partial charge in [-0.1, -0.05) is 18.2 Å². The zero-order valence-corrected chi connectivity index (χ0v) is 18.2. The van der Waals surface area contributed by atoms with Gasteiger partial charge in [-0.25, -0.2) is 8.42 Å². The highest BCUT2D eigenvalue weighted by Gasteiger charge is 2.27. The van der Waals surface area contributed by atoms with Gasteiger partial charge in [0.05, 0.1) is 15.5 Å². The third-order valence-electron chi connectivity index (χ3n) is 5.29. The number of benzene rings is 2. The number of aryl methyl sites for hydroxylation is 3. The van der Waals surface area contributed by atoms with Gasteiger partial charge < -0.3 is 4.90 Å². The molecule has 0 saturated heterocycles. The maximum absolute atomic E-state index is 13.0. The van der Waals surface area contributed by atoms with Crippen molar-refractivity contribution in [3.8, 4) is 0 Å². The van der Waals surface area contributed by atoms with Crippen LogP contribution in [0.3, 0.4) is 0 Å². The first-order valence-corrected chi connectivity index (χ1v) is 11.7. The number of nitrogens with one attached hydrogen (secondary N) is 1. The molecule has 1 aliphatic rings. The van der Waals surface area contributed by atoms with E-state index < -0.39 is 10.0 Å². The van der Waals surface area contributed by atoms with Gasteiger partial charge in [0.1, 0.15) is 0 Å². The molecule has 0 unspecified atom stereocenters. The third kappa shape index (κ3) is 3.68. The molecule has 0 aliphatic carbocycles. The van der Waals surface area contributed by atoms with Crippen LogP contribution < -0.4 is 9.62 Å². The van der Waals surface area contributed by atoms with Gasteiger partial charge in [0.15, 0.2) is 0 Å². The minimum atomic E-state index is -3.73. The number of anilines is 2. The van der Waals surface area contributed by atoms with Gasteiger partial charge in [-0.2, -0.15) is 0 Å². The number of fused-ring (bicyclic) bond motifs is 1. The second-order valence-electron chi connectivity index (χ2n) is 7.34. The topological polar surface area (TPSA) is 66.5 Å². The summed E-state index contributed by atoms with van der Waals surface area (Å²) in [4.78, 5) is 15.5. The summed E-state index contributed by atoms with van der Waals surface area (Å²) < 4.78 is 28.7. The van der Waals surface area contributed by atoms with E-state index >= 15 is 0 Å². The van der Waals surface area contributed by atoms with Crippen LogP contribution in [0.25, 0.3) is 0 Å². The van der Waals surface area contributed by atoms with Crippen LogP contribution in [-0.4, -0.2) is 20.9 Å². The molecule has 1 N–H and O–H groups in total. The van der Waals surface area contributed by atoms with Gasteiger partial charge in [0, 0.05) is 12.2 Å². The predicted octanol–water partition coefficient (Wildman–Crippen LogP) is 4.68. The van der Waals surface area contributed by atoms with Crippen LogP contribution in [0.15, 0.2) is 52.7 Å². The molecule has 3 aromatic rings. The van der Waals surface area contributed by atoms with E-state index in [0.717, 1.165) is 28.8 Å². The molecular formula is C22H22N2O3S2. The molecule has 4 rings (SSSR count). The van der Waals surface area contributed by atoms with Crippen molar-refractivity contribution in [2.45, 2.75) is 32.1 Å². The molecule has 0 saturated carbocycles. The number of carbonyl (C=O) groups is 1. The highest BCUT2D eigenvalue weighted by atomic mass is 32.2. The monoisotopic (exact) mass is 426 g/mol. The standard InChI is InChI=1S/C22H22N2O3S2/c1-14-11-16(3)21(12-15(14)2)29(26,27)23-18-7-6-17-8-9-24(19(17)13-18)22(25)20-5-4-10-28-20/h4-7,10-13,23H,8-9H2,1-3H3. The molecular weight excluding hydrogens is 404 g/mol. The van der Waals surface area contributed by atoms with E-state index in [-0.39, 0.29) is 10.8 Å². The molecule has 0 atom stereocenters.